The van der Waals surface area contributed by atoms with E-state index in [0.717, 1.165) is 23.4 Å². The Balaban J connectivity index is 1.65. The van der Waals surface area contributed by atoms with E-state index in [2.05, 4.69) is 60.4 Å². The zero-order valence-electron chi connectivity index (χ0n) is 16.8. The molecule has 0 aromatic heterocycles. The number of nitrogens with one attached hydrogen (secondary N) is 2. The predicted molar refractivity (Wildman–Crippen MR) is 121 cm³/mol. The minimum absolute atomic E-state index is 0.103. The van der Waals surface area contributed by atoms with Gasteiger partial charge in [-0.2, -0.15) is 0 Å². The Hall–Kier alpha value is -3.53. The third-order valence-corrected chi connectivity index (χ3v) is 6.32. The summed E-state index contributed by atoms with van der Waals surface area (Å²) >= 11 is 0. The summed E-state index contributed by atoms with van der Waals surface area (Å²) in [7, 11) is 0. The van der Waals surface area contributed by atoms with E-state index in [0.29, 0.717) is 12.5 Å². The van der Waals surface area contributed by atoms with E-state index >= 15 is 0 Å². The second-order valence-corrected chi connectivity index (χ2v) is 8.02. The number of rotatable bonds is 5. The zero-order chi connectivity index (χ0) is 20.7. The lowest BCUT2D eigenvalue weighted by Crippen LogP contribution is -2.31. The molecule has 0 saturated heterocycles. The van der Waals surface area contributed by atoms with Crippen LogP contribution in [0.2, 0.25) is 0 Å². The lowest BCUT2D eigenvalue weighted by Gasteiger charge is -2.38. The van der Waals surface area contributed by atoms with E-state index in [1.807, 2.05) is 18.2 Å². The molecule has 1 aliphatic heterocycles. The molecule has 0 spiro atoms. The average molecular weight is 396 g/mol. The van der Waals surface area contributed by atoms with Crippen molar-refractivity contribution in [3.63, 3.8) is 0 Å². The van der Waals surface area contributed by atoms with Gasteiger partial charge in [0.2, 0.25) is 0 Å². The minimum Gasteiger partial charge on any atom is -0.489 e. The minimum atomic E-state index is 0.103. The fourth-order valence-electron chi connectivity index (χ4n) is 5.05. The Morgan fingerprint density at radius 2 is 1.83 bits per heavy atom. The Morgan fingerprint density at radius 3 is 2.63 bits per heavy atom. The molecule has 3 atom stereocenters. The van der Waals surface area contributed by atoms with E-state index in [1.54, 1.807) is 6.08 Å². The molecule has 5 rings (SSSR count). The van der Waals surface area contributed by atoms with E-state index in [4.69, 9.17) is 15.9 Å². The lowest BCUT2D eigenvalue weighted by molar-refractivity contribution is 0.345. The Morgan fingerprint density at radius 1 is 1.07 bits per heavy atom. The monoisotopic (exact) mass is 395 g/mol. The van der Waals surface area contributed by atoms with Crippen LogP contribution in [-0.2, 0) is 6.42 Å². The molecule has 1 aliphatic carbocycles. The van der Waals surface area contributed by atoms with Crippen LogP contribution in [0.4, 0.5) is 5.69 Å². The van der Waals surface area contributed by atoms with E-state index < -0.39 is 0 Å². The molecule has 0 fully saturated rings. The molecule has 3 unspecified atom stereocenters. The first-order chi connectivity index (χ1) is 14.7. The van der Waals surface area contributed by atoms with Gasteiger partial charge in [0.05, 0.1) is 6.04 Å². The zero-order valence-corrected chi connectivity index (χ0v) is 16.8. The van der Waals surface area contributed by atoms with Crippen molar-refractivity contribution < 1.29 is 4.74 Å². The quantitative estimate of drug-likeness (QED) is 0.323. The van der Waals surface area contributed by atoms with Gasteiger partial charge in [-0.25, -0.2) is 0 Å². The Kier molecular flexibility index (Phi) is 4.55. The topological polar surface area (TPSA) is 71.1 Å². The molecule has 4 heteroatoms. The number of hydrogen-bond acceptors (Lipinski definition) is 3. The van der Waals surface area contributed by atoms with Crippen LogP contribution in [0.5, 0.6) is 5.75 Å². The second-order valence-electron chi connectivity index (χ2n) is 8.02. The number of ether oxygens (including phenoxy) is 1. The third-order valence-electron chi connectivity index (χ3n) is 6.32. The fourth-order valence-corrected chi connectivity index (χ4v) is 5.05. The molecular formula is C26H25N3O. The van der Waals surface area contributed by atoms with Gasteiger partial charge in [0.1, 0.15) is 18.2 Å². The molecule has 3 aromatic rings. The maximum atomic E-state index is 7.89. The molecule has 4 nitrogen and oxygen atoms in total. The second kappa shape index (κ2) is 7.38. The van der Waals surface area contributed by atoms with Gasteiger partial charge in [0, 0.05) is 22.7 Å². The summed E-state index contributed by atoms with van der Waals surface area (Å²) in [4.78, 5) is 0. The van der Waals surface area contributed by atoms with Crippen LogP contribution in [0.15, 0.2) is 79.4 Å². The first kappa shape index (κ1) is 18.5. The standard InChI is InChI=1S/C26H25N3O/c1-2-13-30-23-10-6-5-9-19(23)25-21-14-16-7-3-4-8-18(16)24(21)20-15-17(26(27)28)11-12-22(20)29-25/h2-12,15,21,24-25,29H,1,13-14H2,(H3,27,28). The molecule has 0 bridgehead atoms. The fraction of sp³-hybridized carbons (Fsp3) is 0.192. The van der Waals surface area contributed by atoms with Crippen LogP contribution in [0.3, 0.4) is 0 Å². The van der Waals surface area contributed by atoms with Crippen molar-refractivity contribution in [3.8, 4) is 5.75 Å². The number of benzene rings is 3. The number of para-hydroxylation sites is 1. The van der Waals surface area contributed by atoms with Crippen LogP contribution in [0.1, 0.15) is 39.8 Å². The van der Waals surface area contributed by atoms with Crippen LogP contribution >= 0.6 is 0 Å². The average Bonchev–Trinajstić information content (AvgIpc) is 3.17. The third kappa shape index (κ3) is 2.96. The smallest absolute Gasteiger partial charge is 0.125 e. The molecule has 150 valence electrons. The maximum Gasteiger partial charge on any atom is 0.125 e. The van der Waals surface area contributed by atoms with E-state index in [1.165, 1.54) is 22.3 Å². The number of fused-ring (bicyclic) bond motifs is 5. The number of hydrogen-bond donors (Lipinski definition) is 3. The number of amidine groups is 1. The molecule has 0 saturated carbocycles. The van der Waals surface area contributed by atoms with Crippen LogP contribution < -0.4 is 15.8 Å². The molecule has 0 amide bonds. The largest absolute Gasteiger partial charge is 0.489 e. The lowest BCUT2D eigenvalue weighted by atomic mass is 9.75. The highest BCUT2D eigenvalue weighted by molar-refractivity contribution is 5.95. The first-order valence-electron chi connectivity index (χ1n) is 10.3. The summed E-state index contributed by atoms with van der Waals surface area (Å²) in [6.07, 6.45) is 2.77. The van der Waals surface area contributed by atoms with Crippen LogP contribution in [-0.4, -0.2) is 12.4 Å². The SMILES string of the molecule is C=CCOc1ccccc1C1Nc2ccc(C(=N)N)cc2C2c3ccccc3CC12. The van der Waals surface area contributed by atoms with Gasteiger partial charge in [-0.1, -0.05) is 55.1 Å². The molecule has 1 heterocycles. The van der Waals surface area contributed by atoms with Crippen molar-refractivity contribution in [2.45, 2.75) is 18.4 Å². The van der Waals surface area contributed by atoms with Crippen molar-refractivity contribution in [1.29, 1.82) is 5.41 Å². The molecule has 30 heavy (non-hydrogen) atoms. The van der Waals surface area contributed by atoms with E-state index in [9.17, 15) is 0 Å². The molecule has 3 aromatic carbocycles. The summed E-state index contributed by atoms with van der Waals surface area (Å²) in [5.41, 5.74) is 12.8. The van der Waals surface area contributed by atoms with Crippen molar-refractivity contribution >= 4 is 11.5 Å². The van der Waals surface area contributed by atoms with Crippen molar-refractivity contribution in [1.82, 2.24) is 0 Å². The summed E-state index contributed by atoms with van der Waals surface area (Å²) in [5.74, 6) is 1.61. The first-order valence-corrected chi connectivity index (χ1v) is 10.3. The van der Waals surface area contributed by atoms with Crippen molar-refractivity contribution in [2.75, 3.05) is 11.9 Å². The highest BCUT2D eigenvalue weighted by atomic mass is 16.5. The summed E-state index contributed by atoms with van der Waals surface area (Å²) in [6.45, 7) is 4.26. The number of anilines is 1. The van der Waals surface area contributed by atoms with Crippen molar-refractivity contribution in [2.24, 2.45) is 11.7 Å². The van der Waals surface area contributed by atoms with Gasteiger partial charge in [0.25, 0.3) is 0 Å². The summed E-state index contributed by atoms with van der Waals surface area (Å²) in [5, 5.41) is 11.7. The van der Waals surface area contributed by atoms with Crippen LogP contribution in [0, 0.1) is 11.3 Å². The van der Waals surface area contributed by atoms with Crippen molar-refractivity contribution in [3.05, 3.63) is 107 Å². The highest BCUT2D eigenvalue weighted by Crippen LogP contribution is 2.54. The van der Waals surface area contributed by atoms with E-state index in [-0.39, 0.29) is 17.8 Å². The number of nitrogen functional groups attached to an aromatic ring is 1. The molecule has 4 N–H and O–H groups in total. The van der Waals surface area contributed by atoms with Gasteiger partial charge < -0.3 is 15.8 Å². The molecule has 2 aliphatic rings. The normalized spacial score (nSPS) is 21.0. The van der Waals surface area contributed by atoms with Crippen LogP contribution in [0.25, 0.3) is 0 Å². The summed E-state index contributed by atoms with van der Waals surface area (Å²) in [6, 6.07) is 23.2. The van der Waals surface area contributed by atoms with Gasteiger partial charge in [-0.3, -0.25) is 5.41 Å². The maximum absolute atomic E-state index is 7.89. The Bertz CT molecular complexity index is 1140. The molecule has 0 radical (unpaired) electrons. The van der Waals surface area contributed by atoms with Gasteiger partial charge >= 0.3 is 0 Å². The predicted octanol–water partition coefficient (Wildman–Crippen LogP) is 5.01. The van der Waals surface area contributed by atoms with Gasteiger partial charge in [-0.05, 0) is 53.3 Å². The Labute approximate surface area is 176 Å². The molecular weight excluding hydrogens is 370 g/mol. The highest BCUT2D eigenvalue weighted by Gasteiger charge is 2.44. The summed E-state index contributed by atoms with van der Waals surface area (Å²) < 4.78 is 6.00. The van der Waals surface area contributed by atoms with Gasteiger partial charge in [0.15, 0.2) is 0 Å². The van der Waals surface area contributed by atoms with Gasteiger partial charge in [-0.15, -0.1) is 0 Å². The number of nitrogens with two attached hydrogens (primary N) is 1.